The van der Waals surface area contributed by atoms with E-state index in [4.69, 9.17) is 5.73 Å². The largest absolute Gasteiger partial charge is 0.383 e. The SMILES string of the molecule is Cc1cc2nc(C)c(N)n2cc1F. The lowest BCUT2D eigenvalue weighted by molar-refractivity contribution is 0.610. The Morgan fingerprint density at radius 2 is 2.15 bits per heavy atom. The molecule has 0 aromatic carbocycles. The molecule has 0 saturated carbocycles. The van der Waals surface area contributed by atoms with Gasteiger partial charge in [0.2, 0.25) is 0 Å². The van der Waals surface area contributed by atoms with Crippen LogP contribution >= 0.6 is 0 Å². The number of aryl methyl sites for hydroxylation is 2. The molecular formula is C9H10FN3. The average molecular weight is 179 g/mol. The number of nitrogens with zero attached hydrogens (tertiary/aromatic N) is 2. The second-order valence-corrected chi connectivity index (χ2v) is 3.12. The molecule has 3 nitrogen and oxygen atoms in total. The summed E-state index contributed by atoms with van der Waals surface area (Å²) in [7, 11) is 0. The molecule has 0 aliphatic carbocycles. The molecule has 2 aromatic heterocycles. The Morgan fingerprint density at radius 3 is 2.85 bits per heavy atom. The van der Waals surface area contributed by atoms with E-state index >= 15 is 0 Å². The molecule has 0 spiro atoms. The van der Waals surface area contributed by atoms with Crippen molar-refractivity contribution in [1.82, 2.24) is 9.38 Å². The van der Waals surface area contributed by atoms with Crippen LogP contribution < -0.4 is 5.73 Å². The van der Waals surface area contributed by atoms with Gasteiger partial charge in [-0.05, 0) is 25.5 Å². The van der Waals surface area contributed by atoms with Gasteiger partial charge in [-0.1, -0.05) is 0 Å². The number of nitrogens with two attached hydrogens (primary N) is 1. The summed E-state index contributed by atoms with van der Waals surface area (Å²) >= 11 is 0. The van der Waals surface area contributed by atoms with Gasteiger partial charge < -0.3 is 5.73 Å². The molecule has 0 atom stereocenters. The highest BCUT2D eigenvalue weighted by Gasteiger charge is 2.07. The molecule has 13 heavy (non-hydrogen) atoms. The number of hydrogen-bond acceptors (Lipinski definition) is 2. The van der Waals surface area contributed by atoms with Gasteiger partial charge in [0, 0.05) is 6.20 Å². The molecule has 0 amide bonds. The Labute approximate surface area is 75.0 Å². The number of halogens is 1. The highest BCUT2D eigenvalue weighted by molar-refractivity contribution is 5.53. The van der Waals surface area contributed by atoms with Crippen LogP contribution in [-0.4, -0.2) is 9.38 Å². The van der Waals surface area contributed by atoms with Gasteiger partial charge in [0.25, 0.3) is 0 Å². The molecule has 0 radical (unpaired) electrons. The Hall–Kier alpha value is -1.58. The van der Waals surface area contributed by atoms with Crippen molar-refractivity contribution in [3.63, 3.8) is 0 Å². The Bertz CT molecular complexity index is 473. The molecule has 0 aliphatic rings. The molecule has 0 fully saturated rings. The van der Waals surface area contributed by atoms with Gasteiger partial charge in [-0.25, -0.2) is 9.37 Å². The van der Waals surface area contributed by atoms with Crippen molar-refractivity contribution >= 4 is 11.5 Å². The lowest BCUT2D eigenvalue weighted by Gasteiger charge is -1.99. The molecule has 0 saturated heterocycles. The van der Waals surface area contributed by atoms with Crippen LogP contribution in [0.1, 0.15) is 11.3 Å². The van der Waals surface area contributed by atoms with E-state index in [1.807, 2.05) is 0 Å². The number of aromatic nitrogens is 2. The van der Waals surface area contributed by atoms with Crippen LogP contribution in [0, 0.1) is 19.7 Å². The third kappa shape index (κ3) is 1.06. The molecule has 4 heteroatoms. The molecule has 2 heterocycles. The lowest BCUT2D eigenvalue weighted by atomic mass is 10.3. The fraction of sp³-hybridized carbons (Fsp3) is 0.222. The van der Waals surface area contributed by atoms with E-state index in [-0.39, 0.29) is 5.82 Å². The van der Waals surface area contributed by atoms with Crippen LogP contribution in [-0.2, 0) is 0 Å². The summed E-state index contributed by atoms with van der Waals surface area (Å²) in [6.07, 6.45) is 1.36. The predicted octanol–water partition coefficient (Wildman–Crippen LogP) is 1.67. The Balaban J connectivity index is 2.89. The Kier molecular flexibility index (Phi) is 1.52. The van der Waals surface area contributed by atoms with Crippen molar-refractivity contribution in [3.05, 3.63) is 29.3 Å². The standard InChI is InChI=1S/C9H10FN3/c1-5-3-8-12-6(2)9(11)13(8)4-7(5)10/h3-4H,11H2,1-2H3. The zero-order valence-electron chi connectivity index (χ0n) is 7.50. The second kappa shape index (κ2) is 2.45. The summed E-state index contributed by atoms with van der Waals surface area (Å²) in [4.78, 5) is 4.19. The van der Waals surface area contributed by atoms with Gasteiger partial charge in [-0.2, -0.15) is 0 Å². The number of pyridine rings is 1. The van der Waals surface area contributed by atoms with E-state index in [9.17, 15) is 4.39 Å². The van der Waals surface area contributed by atoms with E-state index in [0.29, 0.717) is 17.0 Å². The number of fused-ring (bicyclic) bond motifs is 1. The quantitative estimate of drug-likeness (QED) is 0.668. The maximum Gasteiger partial charge on any atom is 0.142 e. The molecule has 0 bridgehead atoms. The molecular weight excluding hydrogens is 169 g/mol. The lowest BCUT2D eigenvalue weighted by Crippen LogP contribution is -1.96. The average Bonchev–Trinajstić information content (AvgIpc) is 2.32. The number of nitrogen functional groups attached to an aromatic ring is 1. The summed E-state index contributed by atoms with van der Waals surface area (Å²) in [5.41, 5.74) is 7.69. The van der Waals surface area contributed by atoms with Crippen molar-refractivity contribution in [1.29, 1.82) is 0 Å². The van der Waals surface area contributed by atoms with Crippen molar-refractivity contribution in [2.75, 3.05) is 5.73 Å². The molecule has 2 N–H and O–H groups in total. The number of rotatable bonds is 0. The van der Waals surface area contributed by atoms with Crippen LogP contribution in [0.2, 0.25) is 0 Å². The fourth-order valence-electron chi connectivity index (χ4n) is 1.30. The van der Waals surface area contributed by atoms with E-state index in [1.54, 1.807) is 24.3 Å². The van der Waals surface area contributed by atoms with Gasteiger partial charge in [0.05, 0.1) is 5.69 Å². The highest BCUT2D eigenvalue weighted by Crippen LogP contribution is 2.16. The first-order valence-corrected chi connectivity index (χ1v) is 4.00. The van der Waals surface area contributed by atoms with Crippen LogP contribution in [0.25, 0.3) is 5.65 Å². The zero-order chi connectivity index (χ0) is 9.59. The smallest absolute Gasteiger partial charge is 0.142 e. The molecule has 2 aromatic rings. The van der Waals surface area contributed by atoms with Gasteiger partial charge in [-0.15, -0.1) is 0 Å². The van der Waals surface area contributed by atoms with Crippen molar-refractivity contribution in [2.45, 2.75) is 13.8 Å². The summed E-state index contributed by atoms with van der Waals surface area (Å²) in [6, 6.07) is 1.68. The minimum atomic E-state index is -0.267. The fourth-order valence-corrected chi connectivity index (χ4v) is 1.30. The topological polar surface area (TPSA) is 43.3 Å². The minimum absolute atomic E-state index is 0.267. The maximum absolute atomic E-state index is 13.1. The molecule has 0 aliphatic heterocycles. The number of hydrogen-bond donors (Lipinski definition) is 1. The Morgan fingerprint density at radius 1 is 1.46 bits per heavy atom. The predicted molar refractivity (Wildman–Crippen MR) is 49.0 cm³/mol. The normalized spacial score (nSPS) is 11.0. The van der Waals surface area contributed by atoms with Gasteiger partial charge in [-0.3, -0.25) is 4.40 Å². The summed E-state index contributed by atoms with van der Waals surface area (Å²) in [5.74, 6) is 0.227. The zero-order valence-corrected chi connectivity index (χ0v) is 7.50. The van der Waals surface area contributed by atoms with E-state index in [0.717, 1.165) is 5.69 Å². The second-order valence-electron chi connectivity index (χ2n) is 3.12. The van der Waals surface area contributed by atoms with Gasteiger partial charge >= 0.3 is 0 Å². The van der Waals surface area contributed by atoms with Gasteiger partial charge in [0.15, 0.2) is 0 Å². The van der Waals surface area contributed by atoms with Crippen LogP contribution in [0.4, 0.5) is 10.2 Å². The van der Waals surface area contributed by atoms with Crippen molar-refractivity contribution in [3.8, 4) is 0 Å². The van der Waals surface area contributed by atoms with E-state index in [1.165, 1.54) is 6.20 Å². The maximum atomic E-state index is 13.1. The summed E-state index contributed by atoms with van der Waals surface area (Å²) in [6.45, 7) is 3.51. The van der Waals surface area contributed by atoms with E-state index < -0.39 is 0 Å². The van der Waals surface area contributed by atoms with Crippen LogP contribution in [0.3, 0.4) is 0 Å². The number of imidazole rings is 1. The molecule has 0 unspecified atom stereocenters. The third-order valence-corrected chi connectivity index (χ3v) is 2.12. The number of anilines is 1. The highest BCUT2D eigenvalue weighted by atomic mass is 19.1. The first-order chi connectivity index (χ1) is 6.09. The molecule has 2 rings (SSSR count). The summed E-state index contributed by atoms with van der Waals surface area (Å²) in [5, 5.41) is 0. The van der Waals surface area contributed by atoms with Crippen LogP contribution in [0.15, 0.2) is 12.3 Å². The van der Waals surface area contributed by atoms with E-state index in [2.05, 4.69) is 4.98 Å². The monoisotopic (exact) mass is 179 g/mol. The van der Waals surface area contributed by atoms with Crippen molar-refractivity contribution in [2.24, 2.45) is 0 Å². The minimum Gasteiger partial charge on any atom is -0.383 e. The first-order valence-electron chi connectivity index (χ1n) is 4.00. The third-order valence-electron chi connectivity index (χ3n) is 2.12. The summed E-state index contributed by atoms with van der Waals surface area (Å²) < 4.78 is 14.7. The first kappa shape index (κ1) is 8.04. The van der Waals surface area contributed by atoms with Crippen molar-refractivity contribution < 1.29 is 4.39 Å². The van der Waals surface area contributed by atoms with Crippen LogP contribution in [0.5, 0.6) is 0 Å². The van der Waals surface area contributed by atoms with Gasteiger partial charge in [0.1, 0.15) is 17.3 Å². The molecule has 68 valence electrons.